The zero-order chi connectivity index (χ0) is 12.6. The molecule has 0 saturated carbocycles. The summed E-state index contributed by atoms with van der Waals surface area (Å²) < 4.78 is 5.48. The van der Waals surface area contributed by atoms with Gasteiger partial charge in [0.25, 0.3) is 0 Å². The summed E-state index contributed by atoms with van der Waals surface area (Å²) in [7, 11) is 1.73. The fraction of sp³-hybridized carbons (Fsp3) is 0.571. The summed E-state index contributed by atoms with van der Waals surface area (Å²) in [5, 5.41) is 0. The molecule has 0 spiro atoms. The molecule has 0 bridgehead atoms. The van der Waals surface area contributed by atoms with Crippen LogP contribution in [0.5, 0.6) is 5.75 Å². The summed E-state index contributed by atoms with van der Waals surface area (Å²) >= 11 is 0. The molecule has 2 atom stereocenters. The highest BCUT2D eigenvalue weighted by Gasteiger charge is 2.34. The van der Waals surface area contributed by atoms with Crippen molar-refractivity contribution in [2.45, 2.75) is 38.8 Å². The Balaban J connectivity index is 2.50. The highest BCUT2D eigenvalue weighted by atomic mass is 16.5. The first-order chi connectivity index (χ1) is 8.06. The molecular formula is C14H22N2O. The second-order valence-electron chi connectivity index (χ2n) is 5.10. The lowest BCUT2D eigenvalue weighted by molar-refractivity contribution is 0.405. The monoisotopic (exact) mass is 234 g/mol. The van der Waals surface area contributed by atoms with Crippen molar-refractivity contribution in [1.29, 1.82) is 0 Å². The molecule has 17 heavy (non-hydrogen) atoms. The number of ether oxygens (including phenoxy) is 1. The zero-order valence-electron chi connectivity index (χ0n) is 11.1. The van der Waals surface area contributed by atoms with Gasteiger partial charge in [-0.05, 0) is 32.9 Å². The van der Waals surface area contributed by atoms with Gasteiger partial charge in [-0.25, -0.2) is 0 Å². The van der Waals surface area contributed by atoms with E-state index in [1.807, 2.05) is 6.07 Å². The Morgan fingerprint density at radius 3 is 2.59 bits per heavy atom. The number of nitrogens with two attached hydrogens (primary N) is 1. The Hall–Kier alpha value is -1.22. The van der Waals surface area contributed by atoms with Gasteiger partial charge in [0.05, 0.1) is 7.11 Å². The lowest BCUT2D eigenvalue weighted by Crippen LogP contribution is -2.33. The highest BCUT2D eigenvalue weighted by molar-refractivity contribution is 5.66. The lowest BCUT2D eigenvalue weighted by Gasteiger charge is -2.25. The van der Waals surface area contributed by atoms with E-state index in [9.17, 15) is 0 Å². The van der Waals surface area contributed by atoms with Gasteiger partial charge in [0.1, 0.15) is 5.75 Å². The molecule has 1 aliphatic heterocycles. The van der Waals surface area contributed by atoms with Crippen LogP contribution in [0, 0.1) is 0 Å². The second kappa shape index (κ2) is 4.57. The smallest absolute Gasteiger partial charge is 0.124 e. The van der Waals surface area contributed by atoms with Gasteiger partial charge in [0.15, 0.2) is 0 Å². The number of hydrogen-bond donors (Lipinski definition) is 1. The minimum absolute atomic E-state index is 0.147. The van der Waals surface area contributed by atoms with E-state index in [-0.39, 0.29) is 6.04 Å². The largest absolute Gasteiger partial charge is 0.496 e. The second-order valence-corrected chi connectivity index (χ2v) is 5.10. The van der Waals surface area contributed by atoms with Crippen LogP contribution in [0.1, 0.15) is 32.3 Å². The van der Waals surface area contributed by atoms with E-state index >= 15 is 0 Å². The molecule has 3 heteroatoms. The summed E-state index contributed by atoms with van der Waals surface area (Å²) in [6.07, 6.45) is 0. The summed E-state index contributed by atoms with van der Waals surface area (Å²) in [4.78, 5) is 2.41. The fourth-order valence-electron chi connectivity index (χ4n) is 2.65. The van der Waals surface area contributed by atoms with Crippen LogP contribution in [0.4, 0.5) is 5.69 Å². The SMILES string of the molecule is COc1cccc2c1C(C(C)N)CN2C(C)C. The molecule has 3 nitrogen and oxygen atoms in total. The number of fused-ring (bicyclic) bond motifs is 1. The number of hydrogen-bond acceptors (Lipinski definition) is 3. The van der Waals surface area contributed by atoms with Crippen molar-refractivity contribution >= 4 is 5.69 Å². The van der Waals surface area contributed by atoms with E-state index in [0.717, 1.165) is 12.3 Å². The molecule has 0 amide bonds. The first-order valence-electron chi connectivity index (χ1n) is 6.25. The van der Waals surface area contributed by atoms with Crippen LogP contribution in [0.25, 0.3) is 0 Å². The van der Waals surface area contributed by atoms with E-state index in [0.29, 0.717) is 12.0 Å². The third-order valence-electron chi connectivity index (χ3n) is 3.59. The van der Waals surface area contributed by atoms with E-state index in [2.05, 4.69) is 37.8 Å². The van der Waals surface area contributed by atoms with Gasteiger partial charge in [-0.2, -0.15) is 0 Å². The van der Waals surface area contributed by atoms with Gasteiger partial charge < -0.3 is 15.4 Å². The van der Waals surface area contributed by atoms with Crippen molar-refractivity contribution in [2.24, 2.45) is 5.73 Å². The molecule has 0 saturated heterocycles. The lowest BCUT2D eigenvalue weighted by atomic mass is 9.94. The molecule has 1 aromatic carbocycles. The summed E-state index contributed by atoms with van der Waals surface area (Å²) in [6.45, 7) is 7.50. The van der Waals surface area contributed by atoms with Crippen LogP contribution in [-0.4, -0.2) is 25.7 Å². The maximum atomic E-state index is 6.12. The average molecular weight is 234 g/mol. The van der Waals surface area contributed by atoms with Crippen molar-refractivity contribution in [3.63, 3.8) is 0 Å². The van der Waals surface area contributed by atoms with Crippen molar-refractivity contribution in [3.05, 3.63) is 23.8 Å². The van der Waals surface area contributed by atoms with E-state index in [4.69, 9.17) is 10.5 Å². The maximum absolute atomic E-state index is 6.12. The zero-order valence-corrected chi connectivity index (χ0v) is 11.1. The van der Waals surface area contributed by atoms with Gasteiger partial charge in [0.2, 0.25) is 0 Å². The molecule has 0 aromatic heterocycles. The number of nitrogens with zero attached hydrogens (tertiary/aromatic N) is 1. The van der Waals surface area contributed by atoms with Gasteiger partial charge in [0, 0.05) is 35.8 Å². The Morgan fingerprint density at radius 1 is 1.35 bits per heavy atom. The Bertz CT molecular complexity index is 401. The number of rotatable bonds is 3. The quantitative estimate of drug-likeness (QED) is 0.872. The first-order valence-corrected chi connectivity index (χ1v) is 6.25. The molecule has 0 radical (unpaired) electrons. The van der Waals surface area contributed by atoms with E-state index in [1.54, 1.807) is 7.11 Å². The predicted octanol–water partition coefficient (Wildman–Crippen LogP) is 2.35. The molecule has 0 fully saturated rings. The van der Waals surface area contributed by atoms with Gasteiger partial charge in [-0.3, -0.25) is 0 Å². The van der Waals surface area contributed by atoms with E-state index in [1.165, 1.54) is 11.3 Å². The van der Waals surface area contributed by atoms with E-state index < -0.39 is 0 Å². The standard InChI is InChI=1S/C14H22N2O/c1-9(2)16-8-11(10(3)15)14-12(16)6-5-7-13(14)17-4/h5-7,9-11H,8,15H2,1-4H3. The van der Waals surface area contributed by atoms with Gasteiger partial charge in [-0.1, -0.05) is 6.07 Å². The molecule has 2 rings (SSSR count). The van der Waals surface area contributed by atoms with Crippen LogP contribution in [0.3, 0.4) is 0 Å². The summed E-state index contributed by atoms with van der Waals surface area (Å²) in [6, 6.07) is 6.88. The first kappa shape index (κ1) is 12.2. The molecule has 2 unspecified atom stereocenters. The van der Waals surface area contributed by atoms with Crippen LogP contribution >= 0.6 is 0 Å². The number of methoxy groups -OCH3 is 1. The maximum Gasteiger partial charge on any atom is 0.124 e. The van der Waals surface area contributed by atoms with Crippen molar-refractivity contribution < 1.29 is 4.74 Å². The molecule has 2 N–H and O–H groups in total. The molecular weight excluding hydrogens is 212 g/mol. The van der Waals surface area contributed by atoms with Gasteiger partial charge in [-0.15, -0.1) is 0 Å². The summed E-state index contributed by atoms with van der Waals surface area (Å²) in [5.74, 6) is 1.33. The molecule has 94 valence electrons. The van der Waals surface area contributed by atoms with Crippen molar-refractivity contribution in [1.82, 2.24) is 0 Å². The van der Waals surface area contributed by atoms with Crippen molar-refractivity contribution in [2.75, 3.05) is 18.6 Å². The van der Waals surface area contributed by atoms with Crippen LogP contribution < -0.4 is 15.4 Å². The molecule has 1 aliphatic rings. The fourth-order valence-corrected chi connectivity index (χ4v) is 2.65. The third-order valence-corrected chi connectivity index (χ3v) is 3.59. The molecule has 1 heterocycles. The Kier molecular flexibility index (Phi) is 3.29. The van der Waals surface area contributed by atoms with Gasteiger partial charge >= 0.3 is 0 Å². The Labute approximate surface area is 104 Å². The van der Waals surface area contributed by atoms with Crippen LogP contribution in [0.2, 0.25) is 0 Å². The number of anilines is 1. The predicted molar refractivity (Wildman–Crippen MR) is 71.9 cm³/mol. The minimum atomic E-state index is 0.147. The molecule has 0 aliphatic carbocycles. The number of benzene rings is 1. The summed E-state index contributed by atoms with van der Waals surface area (Å²) in [5.41, 5.74) is 8.67. The van der Waals surface area contributed by atoms with Crippen molar-refractivity contribution in [3.8, 4) is 5.75 Å². The highest BCUT2D eigenvalue weighted by Crippen LogP contribution is 2.43. The van der Waals surface area contributed by atoms with Crippen LogP contribution in [0.15, 0.2) is 18.2 Å². The minimum Gasteiger partial charge on any atom is -0.496 e. The Morgan fingerprint density at radius 2 is 2.06 bits per heavy atom. The van der Waals surface area contributed by atoms with Crippen LogP contribution in [-0.2, 0) is 0 Å². The molecule has 1 aromatic rings. The average Bonchev–Trinajstić information content (AvgIpc) is 2.68. The topological polar surface area (TPSA) is 38.5 Å². The third kappa shape index (κ3) is 2.00. The normalized spacial score (nSPS) is 20.6.